The molecule has 0 spiro atoms. The minimum absolute atomic E-state index is 0.405. The molecule has 0 N–H and O–H groups in total. The number of rotatable bonds is 2. The minimum Gasteiger partial charge on any atom is -0.468 e. The smallest absolute Gasteiger partial charge is 0.329 e. The highest BCUT2D eigenvalue weighted by atomic mass is 16.5. The van der Waals surface area contributed by atoms with E-state index in [1.165, 1.54) is 14.2 Å². The summed E-state index contributed by atoms with van der Waals surface area (Å²) in [4.78, 5) is 24.8. The summed E-state index contributed by atoms with van der Waals surface area (Å²) in [5, 5.41) is 1.01. The van der Waals surface area contributed by atoms with Crippen molar-refractivity contribution in [2.24, 2.45) is 0 Å². The third-order valence-electron chi connectivity index (χ3n) is 4.25. The molecule has 2 heterocycles. The molecule has 0 bridgehead atoms. The maximum Gasteiger partial charge on any atom is 0.329 e. The van der Waals surface area contributed by atoms with Crippen LogP contribution in [0.1, 0.15) is 18.5 Å². The highest BCUT2D eigenvalue weighted by Gasteiger charge is 2.53. The molecule has 1 aromatic heterocycles. The molecular formula is C16H17NO4. The number of carbonyl (C=O) groups excluding carboxylic acids is 2. The number of carbonyl (C=O) groups is 2. The summed E-state index contributed by atoms with van der Waals surface area (Å²) in [6.45, 7) is 0.776. The summed E-state index contributed by atoms with van der Waals surface area (Å²) in [5.74, 6) is -1.11. The molecule has 0 saturated carbocycles. The molecule has 110 valence electrons. The molecule has 0 saturated heterocycles. The zero-order valence-corrected chi connectivity index (χ0v) is 12.1. The zero-order valence-electron chi connectivity index (χ0n) is 12.1. The van der Waals surface area contributed by atoms with E-state index in [0.29, 0.717) is 12.1 Å². The van der Waals surface area contributed by atoms with E-state index in [2.05, 4.69) is 0 Å². The van der Waals surface area contributed by atoms with Crippen molar-refractivity contribution < 1.29 is 19.1 Å². The first kappa shape index (κ1) is 13.7. The van der Waals surface area contributed by atoms with Crippen LogP contribution in [0.3, 0.4) is 0 Å². The predicted octanol–water partition coefficient (Wildman–Crippen LogP) is 2.02. The lowest BCUT2D eigenvalue weighted by atomic mass is 9.77. The lowest BCUT2D eigenvalue weighted by Gasteiger charge is -2.33. The van der Waals surface area contributed by atoms with Crippen LogP contribution in [0.5, 0.6) is 0 Å². The maximum atomic E-state index is 12.4. The van der Waals surface area contributed by atoms with Crippen molar-refractivity contribution >= 4 is 22.8 Å². The lowest BCUT2D eigenvalue weighted by Crippen LogP contribution is -2.49. The van der Waals surface area contributed by atoms with Gasteiger partial charge in [-0.3, -0.25) is 9.59 Å². The Balaban J connectivity index is 2.30. The molecule has 0 atom stereocenters. The van der Waals surface area contributed by atoms with Gasteiger partial charge in [0, 0.05) is 17.8 Å². The second-order valence-corrected chi connectivity index (χ2v) is 5.23. The summed E-state index contributed by atoms with van der Waals surface area (Å²) in [6.07, 6.45) is 1.12. The number of nitrogens with zero attached hydrogens (tertiary/aromatic N) is 1. The number of ether oxygens (including phenoxy) is 2. The molecule has 5 nitrogen and oxygen atoms in total. The maximum absolute atomic E-state index is 12.4. The number of aromatic nitrogens is 1. The van der Waals surface area contributed by atoms with Gasteiger partial charge < -0.3 is 14.0 Å². The zero-order chi connectivity index (χ0) is 15.0. The Labute approximate surface area is 122 Å². The number of esters is 2. The topological polar surface area (TPSA) is 57.5 Å². The number of methoxy groups -OCH3 is 2. The van der Waals surface area contributed by atoms with E-state index in [9.17, 15) is 9.59 Å². The molecular weight excluding hydrogens is 270 g/mol. The molecule has 0 unspecified atom stereocenters. The van der Waals surface area contributed by atoms with Crippen LogP contribution in [-0.2, 0) is 31.0 Å². The number of benzene rings is 1. The van der Waals surface area contributed by atoms with Crippen LogP contribution in [0.2, 0.25) is 0 Å². The Kier molecular flexibility index (Phi) is 3.20. The molecule has 0 radical (unpaired) electrons. The lowest BCUT2D eigenvalue weighted by molar-refractivity contribution is -0.163. The molecule has 2 aromatic rings. The fourth-order valence-electron chi connectivity index (χ4n) is 3.28. The first-order chi connectivity index (χ1) is 10.1. The van der Waals surface area contributed by atoms with Gasteiger partial charge in [0.1, 0.15) is 0 Å². The quantitative estimate of drug-likeness (QED) is 0.626. The van der Waals surface area contributed by atoms with Crippen molar-refractivity contribution in [2.45, 2.75) is 24.8 Å². The third kappa shape index (κ3) is 1.77. The van der Waals surface area contributed by atoms with Gasteiger partial charge in [-0.2, -0.15) is 0 Å². The van der Waals surface area contributed by atoms with Crippen molar-refractivity contribution in [1.29, 1.82) is 0 Å². The molecule has 1 aliphatic rings. The Bertz CT molecular complexity index is 700. The standard InChI is InChI=1S/C16H17NO4/c1-20-14(18)16(15(19)21-2)8-5-9-17-12-7-4-3-6-11(12)10-13(16)17/h3-4,6-7,10H,5,8-9H2,1-2H3. The molecule has 5 heteroatoms. The SMILES string of the molecule is COC(=O)C1(C(=O)OC)CCCn2c1cc1ccccc12. The Morgan fingerprint density at radius 1 is 1.14 bits per heavy atom. The van der Waals surface area contributed by atoms with Crippen molar-refractivity contribution in [3.8, 4) is 0 Å². The van der Waals surface area contributed by atoms with E-state index >= 15 is 0 Å². The van der Waals surface area contributed by atoms with E-state index in [1.54, 1.807) is 0 Å². The summed E-state index contributed by atoms with van der Waals surface area (Å²) in [6, 6.07) is 9.74. The average molecular weight is 287 g/mol. The summed E-state index contributed by atoms with van der Waals surface area (Å²) < 4.78 is 11.9. The molecule has 3 rings (SSSR count). The Hall–Kier alpha value is -2.30. The number of aryl methyl sites for hydroxylation is 1. The Morgan fingerprint density at radius 2 is 1.81 bits per heavy atom. The van der Waals surface area contributed by atoms with Crippen LogP contribution in [0.15, 0.2) is 30.3 Å². The first-order valence-electron chi connectivity index (χ1n) is 6.90. The number of fused-ring (bicyclic) bond motifs is 3. The highest BCUT2D eigenvalue weighted by Crippen LogP contribution is 2.40. The van der Waals surface area contributed by atoms with Gasteiger partial charge in [0.2, 0.25) is 5.41 Å². The molecule has 21 heavy (non-hydrogen) atoms. The normalized spacial score (nSPS) is 16.3. The molecule has 0 amide bonds. The van der Waals surface area contributed by atoms with Crippen LogP contribution in [0.25, 0.3) is 10.9 Å². The number of para-hydroxylation sites is 1. The van der Waals surface area contributed by atoms with Crippen LogP contribution in [-0.4, -0.2) is 30.7 Å². The van der Waals surface area contributed by atoms with E-state index in [1.807, 2.05) is 34.9 Å². The van der Waals surface area contributed by atoms with Gasteiger partial charge in [0.15, 0.2) is 0 Å². The van der Waals surface area contributed by atoms with Crippen molar-refractivity contribution in [3.05, 3.63) is 36.0 Å². The van der Waals surface area contributed by atoms with Crippen molar-refractivity contribution in [1.82, 2.24) is 4.57 Å². The molecule has 1 aromatic carbocycles. The third-order valence-corrected chi connectivity index (χ3v) is 4.25. The van der Waals surface area contributed by atoms with E-state index in [-0.39, 0.29) is 0 Å². The van der Waals surface area contributed by atoms with Crippen LogP contribution < -0.4 is 0 Å². The van der Waals surface area contributed by atoms with Gasteiger partial charge in [-0.1, -0.05) is 18.2 Å². The minimum atomic E-state index is -1.36. The van der Waals surface area contributed by atoms with Gasteiger partial charge in [-0.25, -0.2) is 0 Å². The fourth-order valence-corrected chi connectivity index (χ4v) is 3.28. The van der Waals surface area contributed by atoms with Crippen LogP contribution >= 0.6 is 0 Å². The second kappa shape index (κ2) is 4.91. The van der Waals surface area contributed by atoms with E-state index < -0.39 is 17.4 Å². The second-order valence-electron chi connectivity index (χ2n) is 5.23. The number of hydrogen-bond donors (Lipinski definition) is 0. The first-order valence-corrected chi connectivity index (χ1v) is 6.90. The number of hydrogen-bond acceptors (Lipinski definition) is 4. The molecule has 1 aliphatic heterocycles. The van der Waals surface area contributed by atoms with Crippen LogP contribution in [0, 0.1) is 0 Å². The summed E-state index contributed by atoms with van der Waals surface area (Å²) >= 11 is 0. The van der Waals surface area contributed by atoms with Gasteiger partial charge in [0.25, 0.3) is 0 Å². The van der Waals surface area contributed by atoms with Crippen molar-refractivity contribution in [3.63, 3.8) is 0 Å². The van der Waals surface area contributed by atoms with E-state index in [4.69, 9.17) is 9.47 Å². The molecule has 0 aliphatic carbocycles. The van der Waals surface area contributed by atoms with Gasteiger partial charge in [-0.15, -0.1) is 0 Å². The predicted molar refractivity (Wildman–Crippen MR) is 76.9 cm³/mol. The summed E-state index contributed by atoms with van der Waals surface area (Å²) in [7, 11) is 2.60. The Morgan fingerprint density at radius 3 is 2.48 bits per heavy atom. The van der Waals surface area contributed by atoms with Crippen LogP contribution in [0.4, 0.5) is 0 Å². The fraction of sp³-hybridized carbons (Fsp3) is 0.375. The monoisotopic (exact) mass is 287 g/mol. The average Bonchev–Trinajstić information content (AvgIpc) is 2.92. The summed E-state index contributed by atoms with van der Waals surface area (Å²) in [5.41, 5.74) is 0.318. The van der Waals surface area contributed by atoms with Crippen molar-refractivity contribution in [2.75, 3.05) is 14.2 Å². The van der Waals surface area contributed by atoms with E-state index in [0.717, 1.165) is 23.9 Å². The molecule has 0 fully saturated rings. The highest BCUT2D eigenvalue weighted by molar-refractivity contribution is 6.07. The van der Waals surface area contributed by atoms with Gasteiger partial charge >= 0.3 is 11.9 Å². The van der Waals surface area contributed by atoms with Gasteiger partial charge in [0.05, 0.1) is 14.2 Å². The van der Waals surface area contributed by atoms with Gasteiger partial charge in [-0.05, 0) is 30.4 Å². The largest absolute Gasteiger partial charge is 0.468 e.